The van der Waals surface area contributed by atoms with E-state index in [4.69, 9.17) is 27.3 Å². The van der Waals surface area contributed by atoms with Crippen LogP contribution >= 0.6 is 11.6 Å². The second kappa shape index (κ2) is 6.82. The predicted molar refractivity (Wildman–Crippen MR) is 84.0 cm³/mol. The molecule has 0 radical (unpaired) electrons. The van der Waals surface area contributed by atoms with Gasteiger partial charge in [0.2, 0.25) is 0 Å². The van der Waals surface area contributed by atoms with Gasteiger partial charge in [0.1, 0.15) is 0 Å². The maximum absolute atomic E-state index is 6.05. The quantitative estimate of drug-likeness (QED) is 0.917. The summed E-state index contributed by atoms with van der Waals surface area (Å²) in [5.41, 5.74) is 10.1. The van der Waals surface area contributed by atoms with Gasteiger partial charge < -0.3 is 5.73 Å². The van der Waals surface area contributed by atoms with E-state index in [2.05, 4.69) is 13.8 Å². The summed E-state index contributed by atoms with van der Waals surface area (Å²) in [6.45, 7) is 4.85. The van der Waals surface area contributed by atoms with Crippen molar-refractivity contribution in [2.75, 3.05) is 6.54 Å². The normalized spacial score (nSPS) is 10.8. The molecule has 0 fully saturated rings. The number of nitrogens with two attached hydrogens (primary N) is 1. The molecule has 20 heavy (non-hydrogen) atoms. The van der Waals surface area contributed by atoms with Crippen LogP contribution < -0.4 is 5.73 Å². The minimum absolute atomic E-state index is 0.625. The zero-order valence-electron chi connectivity index (χ0n) is 12.0. The number of halogens is 1. The van der Waals surface area contributed by atoms with Crippen LogP contribution in [0.25, 0.3) is 11.4 Å². The van der Waals surface area contributed by atoms with E-state index in [0.29, 0.717) is 11.6 Å². The molecule has 0 aliphatic heterocycles. The van der Waals surface area contributed by atoms with Gasteiger partial charge in [-0.3, -0.25) is 0 Å². The average Bonchev–Trinajstić information content (AvgIpc) is 2.47. The Morgan fingerprint density at radius 1 is 1.10 bits per heavy atom. The lowest BCUT2D eigenvalue weighted by Gasteiger charge is -2.13. The SMILES string of the molecule is CCc1nc(-c2cccc(Cl)c2)nc(CC)c1CCN. The number of aryl methyl sites for hydroxylation is 2. The van der Waals surface area contributed by atoms with E-state index >= 15 is 0 Å². The molecule has 2 rings (SSSR count). The van der Waals surface area contributed by atoms with Gasteiger partial charge in [0.05, 0.1) is 0 Å². The summed E-state index contributed by atoms with van der Waals surface area (Å²) in [6, 6.07) is 7.67. The Morgan fingerprint density at radius 2 is 1.75 bits per heavy atom. The Labute approximate surface area is 125 Å². The summed E-state index contributed by atoms with van der Waals surface area (Å²) in [5, 5.41) is 0.702. The first-order chi connectivity index (χ1) is 9.69. The third-order valence-electron chi connectivity index (χ3n) is 3.33. The molecule has 1 aromatic carbocycles. The van der Waals surface area contributed by atoms with Crippen molar-refractivity contribution < 1.29 is 0 Å². The highest BCUT2D eigenvalue weighted by molar-refractivity contribution is 6.30. The van der Waals surface area contributed by atoms with Gasteiger partial charge in [-0.15, -0.1) is 0 Å². The molecular weight excluding hydrogens is 270 g/mol. The zero-order chi connectivity index (χ0) is 14.5. The van der Waals surface area contributed by atoms with E-state index in [0.717, 1.165) is 42.0 Å². The van der Waals surface area contributed by atoms with Gasteiger partial charge in [-0.25, -0.2) is 9.97 Å². The predicted octanol–water partition coefficient (Wildman–Crippen LogP) is 3.42. The van der Waals surface area contributed by atoms with E-state index in [1.807, 2.05) is 24.3 Å². The van der Waals surface area contributed by atoms with Crippen LogP contribution in [-0.4, -0.2) is 16.5 Å². The fraction of sp³-hybridized carbons (Fsp3) is 0.375. The Balaban J connectivity index is 2.55. The molecule has 2 N–H and O–H groups in total. The first-order valence-electron chi connectivity index (χ1n) is 7.04. The molecular formula is C16H20ClN3. The molecule has 0 amide bonds. The van der Waals surface area contributed by atoms with Crippen LogP contribution in [0.1, 0.15) is 30.8 Å². The molecule has 1 aromatic heterocycles. The fourth-order valence-corrected chi connectivity index (χ4v) is 2.55. The van der Waals surface area contributed by atoms with E-state index in [1.54, 1.807) is 0 Å². The highest BCUT2D eigenvalue weighted by Gasteiger charge is 2.12. The van der Waals surface area contributed by atoms with Crippen molar-refractivity contribution in [3.8, 4) is 11.4 Å². The number of nitrogens with zero attached hydrogens (tertiary/aromatic N) is 2. The van der Waals surface area contributed by atoms with Crippen molar-refractivity contribution in [1.29, 1.82) is 0 Å². The highest BCUT2D eigenvalue weighted by Crippen LogP contribution is 2.23. The fourth-order valence-electron chi connectivity index (χ4n) is 2.36. The van der Waals surface area contributed by atoms with Crippen molar-refractivity contribution >= 4 is 11.6 Å². The van der Waals surface area contributed by atoms with Gasteiger partial charge in [-0.05, 0) is 43.5 Å². The number of aromatic nitrogens is 2. The molecule has 0 spiro atoms. The third kappa shape index (κ3) is 3.17. The summed E-state index contributed by atoms with van der Waals surface area (Å²) >= 11 is 6.05. The Bertz CT molecular complexity index is 571. The van der Waals surface area contributed by atoms with E-state index < -0.39 is 0 Å². The first kappa shape index (κ1) is 14.9. The summed E-state index contributed by atoms with van der Waals surface area (Å²) in [5.74, 6) is 0.752. The monoisotopic (exact) mass is 289 g/mol. The van der Waals surface area contributed by atoms with Crippen molar-refractivity contribution in [2.45, 2.75) is 33.1 Å². The summed E-state index contributed by atoms with van der Waals surface area (Å²) in [7, 11) is 0. The van der Waals surface area contributed by atoms with Crippen LogP contribution in [-0.2, 0) is 19.3 Å². The van der Waals surface area contributed by atoms with E-state index in [-0.39, 0.29) is 0 Å². The molecule has 106 valence electrons. The highest BCUT2D eigenvalue weighted by atomic mass is 35.5. The van der Waals surface area contributed by atoms with Crippen molar-refractivity contribution in [2.24, 2.45) is 5.73 Å². The van der Waals surface area contributed by atoms with Crippen LogP contribution in [0.3, 0.4) is 0 Å². The van der Waals surface area contributed by atoms with Gasteiger partial charge in [0.15, 0.2) is 5.82 Å². The lowest BCUT2D eigenvalue weighted by molar-refractivity contribution is 0.844. The van der Waals surface area contributed by atoms with E-state index in [9.17, 15) is 0 Å². The molecule has 0 unspecified atom stereocenters. The summed E-state index contributed by atoms with van der Waals surface area (Å²) < 4.78 is 0. The van der Waals surface area contributed by atoms with Gasteiger partial charge >= 0.3 is 0 Å². The summed E-state index contributed by atoms with van der Waals surface area (Å²) in [4.78, 5) is 9.41. The van der Waals surface area contributed by atoms with Gasteiger partial charge in [0, 0.05) is 22.0 Å². The third-order valence-corrected chi connectivity index (χ3v) is 3.56. The lowest BCUT2D eigenvalue weighted by atomic mass is 10.0. The minimum atomic E-state index is 0.625. The Kier molecular flexibility index (Phi) is 5.10. The molecule has 1 heterocycles. The average molecular weight is 290 g/mol. The first-order valence-corrected chi connectivity index (χ1v) is 7.42. The van der Waals surface area contributed by atoms with Crippen molar-refractivity contribution in [3.05, 3.63) is 46.2 Å². The second-order valence-electron chi connectivity index (χ2n) is 4.68. The van der Waals surface area contributed by atoms with Gasteiger partial charge in [-0.1, -0.05) is 37.6 Å². The molecule has 0 saturated heterocycles. The van der Waals surface area contributed by atoms with Gasteiger partial charge in [-0.2, -0.15) is 0 Å². The molecule has 3 nitrogen and oxygen atoms in total. The van der Waals surface area contributed by atoms with Crippen LogP contribution in [0.15, 0.2) is 24.3 Å². The maximum Gasteiger partial charge on any atom is 0.159 e. The second-order valence-corrected chi connectivity index (χ2v) is 5.11. The summed E-state index contributed by atoms with van der Waals surface area (Å²) in [6.07, 6.45) is 2.61. The molecule has 2 aromatic rings. The number of benzene rings is 1. The maximum atomic E-state index is 6.05. The van der Waals surface area contributed by atoms with Crippen LogP contribution in [0.4, 0.5) is 0 Å². The van der Waals surface area contributed by atoms with Crippen LogP contribution in [0.5, 0.6) is 0 Å². The van der Waals surface area contributed by atoms with Crippen molar-refractivity contribution in [1.82, 2.24) is 9.97 Å². The topological polar surface area (TPSA) is 51.8 Å². The van der Waals surface area contributed by atoms with E-state index in [1.165, 1.54) is 5.56 Å². The number of rotatable bonds is 5. The Morgan fingerprint density at radius 3 is 2.25 bits per heavy atom. The zero-order valence-corrected chi connectivity index (χ0v) is 12.7. The molecule has 0 bridgehead atoms. The molecule has 0 aliphatic carbocycles. The van der Waals surface area contributed by atoms with Gasteiger partial charge in [0.25, 0.3) is 0 Å². The lowest BCUT2D eigenvalue weighted by Crippen LogP contribution is -2.12. The van der Waals surface area contributed by atoms with Crippen molar-refractivity contribution in [3.63, 3.8) is 0 Å². The molecule has 0 saturated carbocycles. The molecule has 4 heteroatoms. The van der Waals surface area contributed by atoms with Crippen LogP contribution in [0.2, 0.25) is 5.02 Å². The smallest absolute Gasteiger partial charge is 0.159 e. The van der Waals surface area contributed by atoms with Crippen LogP contribution in [0, 0.1) is 0 Å². The minimum Gasteiger partial charge on any atom is -0.330 e. The molecule has 0 aliphatic rings. The largest absolute Gasteiger partial charge is 0.330 e. The molecule has 0 atom stereocenters. The standard InChI is InChI=1S/C16H20ClN3/c1-3-14-13(8-9-18)15(4-2)20-16(19-14)11-6-5-7-12(17)10-11/h5-7,10H,3-4,8-9,18H2,1-2H3. The Hall–Kier alpha value is -1.45. The number of hydrogen-bond donors (Lipinski definition) is 1. The number of hydrogen-bond acceptors (Lipinski definition) is 3.